The first-order valence-corrected chi connectivity index (χ1v) is 9.93. The fourth-order valence-corrected chi connectivity index (χ4v) is 5.88. The quantitative estimate of drug-likeness (QED) is 0.805. The number of amides is 4. The van der Waals surface area contributed by atoms with Gasteiger partial charge in [-0.25, -0.2) is 9.59 Å². The first-order valence-electron chi connectivity index (χ1n) is 9.93. The number of urea groups is 2. The van der Waals surface area contributed by atoms with Crippen molar-refractivity contribution in [1.29, 1.82) is 0 Å². The van der Waals surface area contributed by atoms with Gasteiger partial charge in [0, 0.05) is 38.3 Å². The molecule has 0 spiro atoms. The molecule has 140 valence electrons. The maximum Gasteiger partial charge on any atom is 0.317 e. The van der Waals surface area contributed by atoms with Gasteiger partial charge in [-0.05, 0) is 48.9 Å². The number of likely N-dealkylation sites (tertiary alicyclic amines) is 1. The lowest BCUT2D eigenvalue weighted by atomic mass is 9.69. The average Bonchev–Trinajstić information content (AvgIpc) is 3.16. The number of nitrogens with one attached hydrogen (secondary N) is 2. The predicted molar refractivity (Wildman–Crippen MR) is 96.2 cm³/mol. The molecule has 4 amide bonds. The summed E-state index contributed by atoms with van der Waals surface area (Å²) in [5.41, 5.74) is 0.542. The maximum absolute atomic E-state index is 12.8. The number of hydrogen-bond acceptors (Lipinski definition) is 2. The Kier molecular flexibility index (Phi) is 3.92. The molecular formula is C19H32N4O2. The first kappa shape index (κ1) is 17.0. The molecule has 6 nitrogen and oxygen atoms in total. The molecule has 2 aliphatic heterocycles. The van der Waals surface area contributed by atoms with Gasteiger partial charge in [0.05, 0.1) is 0 Å². The number of piperidine rings is 1. The van der Waals surface area contributed by atoms with Gasteiger partial charge in [-0.1, -0.05) is 20.8 Å². The Hall–Kier alpha value is -1.46. The minimum absolute atomic E-state index is 0.0556. The summed E-state index contributed by atoms with van der Waals surface area (Å²) in [6, 6.07) is 0.736. The van der Waals surface area contributed by atoms with Crippen molar-refractivity contribution in [3.8, 4) is 0 Å². The molecule has 0 aromatic rings. The second kappa shape index (κ2) is 5.78. The number of carbonyl (C=O) groups excluding carboxylic acids is 2. The highest BCUT2D eigenvalue weighted by Gasteiger charge is 2.61. The van der Waals surface area contributed by atoms with Crippen LogP contribution in [0.4, 0.5) is 9.59 Å². The first-order chi connectivity index (χ1) is 11.8. The van der Waals surface area contributed by atoms with Gasteiger partial charge in [0.1, 0.15) is 0 Å². The molecule has 2 saturated heterocycles. The van der Waals surface area contributed by atoms with Gasteiger partial charge in [-0.15, -0.1) is 0 Å². The summed E-state index contributed by atoms with van der Waals surface area (Å²) in [7, 11) is 0. The minimum Gasteiger partial charge on any atom is -0.336 e. The highest BCUT2D eigenvalue weighted by molar-refractivity contribution is 5.77. The van der Waals surface area contributed by atoms with Crippen LogP contribution in [0.5, 0.6) is 0 Å². The second-order valence-corrected chi connectivity index (χ2v) is 9.26. The zero-order valence-corrected chi connectivity index (χ0v) is 15.8. The summed E-state index contributed by atoms with van der Waals surface area (Å²) >= 11 is 0. The molecule has 6 heteroatoms. The molecule has 2 aliphatic carbocycles. The smallest absolute Gasteiger partial charge is 0.317 e. The van der Waals surface area contributed by atoms with Crippen LogP contribution in [0.2, 0.25) is 0 Å². The Morgan fingerprint density at radius 1 is 1.16 bits per heavy atom. The van der Waals surface area contributed by atoms with Crippen LogP contribution in [-0.2, 0) is 0 Å². The summed E-state index contributed by atoms with van der Waals surface area (Å²) in [5.74, 6) is 0.738. The Morgan fingerprint density at radius 2 is 1.88 bits per heavy atom. The van der Waals surface area contributed by atoms with Gasteiger partial charge in [-0.3, -0.25) is 0 Å². The highest BCUT2D eigenvalue weighted by atomic mass is 16.2. The zero-order chi connectivity index (χ0) is 17.8. The predicted octanol–water partition coefficient (Wildman–Crippen LogP) is 2.40. The molecule has 3 atom stereocenters. The Morgan fingerprint density at radius 3 is 2.40 bits per heavy atom. The van der Waals surface area contributed by atoms with Crippen molar-refractivity contribution in [3.63, 3.8) is 0 Å². The van der Waals surface area contributed by atoms with E-state index >= 15 is 0 Å². The summed E-state index contributed by atoms with van der Waals surface area (Å²) in [4.78, 5) is 28.5. The van der Waals surface area contributed by atoms with Crippen LogP contribution in [0.3, 0.4) is 0 Å². The number of hydrogen-bond donors (Lipinski definition) is 2. The van der Waals surface area contributed by atoms with Gasteiger partial charge in [0.2, 0.25) is 0 Å². The van der Waals surface area contributed by atoms with Crippen molar-refractivity contribution in [1.82, 2.24) is 20.4 Å². The lowest BCUT2D eigenvalue weighted by Crippen LogP contribution is -2.54. The average molecular weight is 348 g/mol. The molecule has 2 N–H and O–H groups in total. The topological polar surface area (TPSA) is 64.7 Å². The summed E-state index contributed by atoms with van der Waals surface area (Å²) in [6.45, 7) is 10.2. The summed E-state index contributed by atoms with van der Waals surface area (Å²) in [5, 5.41) is 6.23. The molecule has 4 aliphatic rings. The Balaban J connectivity index is 1.32. The standard InChI is InChI=1S/C19H32N4O2/c1-18(2)13-4-7-19(18,3)15(12-13)21-17(25)22-9-5-14(6-10-22)23-11-8-20-16(23)24/h13-15H,4-12H2,1-3H3,(H,20,24)(H,21,25). The molecule has 0 aromatic heterocycles. The lowest BCUT2D eigenvalue weighted by molar-refractivity contribution is 0.110. The van der Waals surface area contributed by atoms with Gasteiger partial charge in [0.15, 0.2) is 0 Å². The number of nitrogens with zero attached hydrogens (tertiary/aromatic N) is 2. The van der Waals surface area contributed by atoms with Crippen LogP contribution in [-0.4, -0.2) is 60.1 Å². The molecule has 3 unspecified atom stereocenters. The van der Waals surface area contributed by atoms with E-state index in [0.717, 1.165) is 51.4 Å². The Bertz CT molecular complexity index is 570. The molecule has 2 bridgehead atoms. The van der Waals surface area contributed by atoms with Crippen LogP contribution in [0.1, 0.15) is 52.9 Å². The highest BCUT2D eigenvalue weighted by Crippen LogP contribution is 2.65. The monoisotopic (exact) mass is 348 g/mol. The number of carbonyl (C=O) groups is 2. The van der Waals surface area contributed by atoms with Crippen LogP contribution >= 0.6 is 0 Å². The molecule has 0 radical (unpaired) electrons. The van der Waals surface area contributed by atoms with Crippen LogP contribution in [0, 0.1) is 16.7 Å². The number of rotatable bonds is 2. The van der Waals surface area contributed by atoms with Gasteiger partial charge in [-0.2, -0.15) is 0 Å². The fourth-order valence-electron chi connectivity index (χ4n) is 5.88. The third-order valence-corrected chi connectivity index (χ3v) is 8.17. The molecule has 0 aromatic carbocycles. The maximum atomic E-state index is 12.8. The lowest BCUT2D eigenvalue weighted by Gasteiger charge is -2.41. The van der Waals surface area contributed by atoms with E-state index in [4.69, 9.17) is 0 Å². The van der Waals surface area contributed by atoms with Gasteiger partial charge in [0.25, 0.3) is 0 Å². The molecule has 4 rings (SSSR count). The zero-order valence-electron chi connectivity index (χ0n) is 15.8. The van der Waals surface area contributed by atoms with Gasteiger partial charge < -0.3 is 20.4 Å². The number of fused-ring (bicyclic) bond motifs is 2. The van der Waals surface area contributed by atoms with Crippen LogP contribution < -0.4 is 10.6 Å². The van der Waals surface area contributed by atoms with E-state index < -0.39 is 0 Å². The van der Waals surface area contributed by atoms with Gasteiger partial charge >= 0.3 is 12.1 Å². The second-order valence-electron chi connectivity index (χ2n) is 9.26. The van der Waals surface area contributed by atoms with E-state index in [1.54, 1.807) is 0 Å². The van der Waals surface area contributed by atoms with E-state index in [9.17, 15) is 9.59 Å². The van der Waals surface area contributed by atoms with E-state index in [1.165, 1.54) is 12.8 Å². The van der Waals surface area contributed by atoms with E-state index in [-0.39, 0.29) is 23.5 Å². The SMILES string of the molecule is CC1(C)C2CCC1(C)C(NC(=O)N1CCC(N3CCNC3=O)CC1)C2. The summed E-state index contributed by atoms with van der Waals surface area (Å²) < 4.78 is 0. The third kappa shape index (κ3) is 2.51. The van der Waals surface area contributed by atoms with Crippen molar-refractivity contribution in [2.75, 3.05) is 26.2 Å². The molecule has 25 heavy (non-hydrogen) atoms. The van der Waals surface area contributed by atoms with Crippen molar-refractivity contribution >= 4 is 12.1 Å². The molecule has 4 fully saturated rings. The summed E-state index contributed by atoms with van der Waals surface area (Å²) in [6.07, 6.45) is 5.42. The van der Waals surface area contributed by atoms with E-state index in [2.05, 4.69) is 31.4 Å². The van der Waals surface area contributed by atoms with Crippen LogP contribution in [0.15, 0.2) is 0 Å². The van der Waals surface area contributed by atoms with Crippen molar-refractivity contribution in [3.05, 3.63) is 0 Å². The van der Waals surface area contributed by atoms with Crippen LogP contribution in [0.25, 0.3) is 0 Å². The largest absolute Gasteiger partial charge is 0.336 e. The Labute approximate surface area is 150 Å². The fraction of sp³-hybridized carbons (Fsp3) is 0.895. The molecule has 2 saturated carbocycles. The van der Waals surface area contributed by atoms with Crippen molar-refractivity contribution in [2.24, 2.45) is 16.7 Å². The molecule has 2 heterocycles. The molecular weight excluding hydrogens is 316 g/mol. The normalized spacial score (nSPS) is 37.5. The van der Waals surface area contributed by atoms with E-state index in [0.29, 0.717) is 11.5 Å². The van der Waals surface area contributed by atoms with Crippen molar-refractivity contribution in [2.45, 2.75) is 65.0 Å². The van der Waals surface area contributed by atoms with E-state index in [1.807, 2.05) is 9.80 Å². The van der Waals surface area contributed by atoms with Crippen molar-refractivity contribution < 1.29 is 9.59 Å². The minimum atomic E-state index is 0.0556. The third-order valence-electron chi connectivity index (χ3n) is 8.17.